The number of carboxylic acids is 1. The molecule has 27 heavy (non-hydrogen) atoms. The molecule has 0 heterocycles. The SMILES string of the molecule is O=C(/C=C/c1ccc(Cl)cc1Cl)NC(=S)Nc1c(I)cc(I)cc1C(=O)O. The molecule has 5 nitrogen and oxygen atoms in total. The largest absolute Gasteiger partial charge is 0.478 e. The fraction of sp³-hybridized carbons (Fsp3) is 0. The molecule has 0 bridgehead atoms. The smallest absolute Gasteiger partial charge is 0.337 e. The Hall–Kier alpha value is -0.950. The number of aromatic carboxylic acids is 1. The molecule has 0 aliphatic carbocycles. The van der Waals surface area contributed by atoms with E-state index in [9.17, 15) is 14.7 Å². The quantitative estimate of drug-likeness (QED) is 0.235. The second kappa shape index (κ2) is 10.0. The van der Waals surface area contributed by atoms with E-state index in [-0.39, 0.29) is 10.7 Å². The Labute approximate surface area is 197 Å². The van der Waals surface area contributed by atoms with Crippen LogP contribution in [0.15, 0.2) is 36.4 Å². The lowest BCUT2D eigenvalue weighted by molar-refractivity contribution is -0.115. The van der Waals surface area contributed by atoms with E-state index >= 15 is 0 Å². The van der Waals surface area contributed by atoms with Gasteiger partial charge in [-0.25, -0.2) is 4.79 Å². The average molecular weight is 647 g/mol. The van der Waals surface area contributed by atoms with Crippen molar-refractivity contribution in [1.82, 2.24) is 5.32 Å². The monoisotopic (exact) mass is 646 g/mol. The lowest BCUT2D eigenvalue weighted by atomic mass is 10.2. The first-order valence-electron chi connectivity index (χ1n) is 7.15. The van der Waals surface area contributed by atoms with Gasteiger partial charge in [-0.05, 0) is 93.3 Å². The van der Waals surface area contributed by atoms with Crippen LogP contribution in [-0.4, -0.2) is 22.1 Å². The van der Waals surface area contributed by atoms with Gasteiger partial charge in [-0.2, -0.15) is 0 Å². The summed E-state index contributed by atoms with van der Waals surface area (Å²) in [7, 11) is 0. The van der Waals surface area contributed by atoms with Gasteiger partial charge < -0.3 is 10.4 Å². The van der Waals surface area contributed by atoms with Gasteiger partial charge in [0.15, 0.2) is 5.11 Å². The summed E-state index contributed by atoms with van der Waals surface area (Å²) < 4.78 is 1.44. The highest BCUT2D eigenvalue weighted by atomic mass is 127. The predicted molar refractivity (Wildman–Crippen MR) is 129 cm³/mol. The van der Waals surface area contributed by atoms with Gasteiger partial charge in [0, 0.05) is 23.3 Å². The molecule has 2 rings (SSSR count). The van der Waals surface area contributed by atoms with Crippen LogP contribution in [0.3, 0.4) is 0 Å². The zero-order chi connectivity index (χ0) is 20.1. The normalized spacial score (nSPS) is 10.7. The first-order valence-corrected chi connectivity index (χ1v) is 10.5. The number of hydrogen-bond donors (Lipinski definition) is 3. The predicted octanol–water partition coefficient (Wildman–Crippen LogP) is 5.43. The summed E-state index contributed by atoms with van der Waals surface area (Å²) in [5.41, 5.74) is 1.00. The molecule has 0 unspecified atom stereocenters. The van der Waals surface area contributed by atoms with Gasteiger partial charge in [0.05, 0.1) is 11.3 Å². The first-order chi connectivity index (χ1) is 12.7. The number of nitrogens with one attached hydrogen (secondary N) is 2. The molecule has 0 atom stereocenters. The van der Waals surface area contributed by atoms with Crippen molar-refractivity contribution < 1.29 is 14.7 Å². The maximum atomic E-state index is 12.0. The molecule has 0 fully saturated rings. The van der Waals surface area contributed by atoms with Crippen molar-refractivity contribution in [1.29, 1.82) is 0 Å². The Bertz CT molecular complexity index is 967. The molecule has 0 spiro atoms. The molecular formula is C17H10Cl2I2N2O3S. The van der Waals surface area contributed by atoms with Crippen LogP contribution in [0.1, 0.15) is 15.9 Å². The third-order valence-corrected chi connectivity index (χ3v) is 5.38. The highest BCUT2D eigenvalue weighted by Crippen LogP contribution is 2.26. The zero-order valence-electron chi connectivity index (χ0n) is 13.2. The van der Waals surface area contributed by atoms with Crippen LogP contribution in [0.25, 0.3) is 6.08 Å². The van der Waals surface area contributed by atoms with Gasteiger partial charge in [0.25, 0.3) is 0 Å². The van der Waals surface area contributed by atoms with E-state index in [0.29, 0.717) is 24.9 Å². The Morgan fingerprint density at radius 1 is 1.15 bits per heavy atom. The van der Waals surface area contributed by atoms with Crippen LogP contribution in [0, 0.1) is 7.14 Å². The molecule has 2 aromatic carbocycles. The number of hydrogen-bond acceptors (Lipinski definition) is 3. The number of carbonyl (C=O) groups excluding carboxylic acids is 1. The number of halogens is 4. The average Bonchev–Trinajstić information content (AvgIpc) is 2.56. The topological polar surface area (TPSA) is 78.4 Å². The zero-order valence-corrected chi connectivity index (χ0v) is 19.9. The third-order valence-electron chi connectivity index (χ3n) is 3.14. The Kier molecular flexibility index (Phi) is 8.28. The summed E-state index contributed by atoms with van der Waals surface area (Å²) in [5, 5.41) is 15.5. The molecule has 0 aromatic heterocycles. The molecule has 0 saturated carbocycles. The molecule has 0 saturated heterocycles. The molecule has 1 amide bonds. The highest BCUT2D eigenvalue weighted by molar-refractivity contribution is 14.1. The minimum atomic E-state index is -1.10. The minimum absolute atomic E-state index is 0.0199. The Morgan fingerprint density at radius 3 is 2.48 bits per heavy atom. The fourth-order valence-electron chi connectivity index (χ4n) is 1.97. The minimum Gasteiger partial charge on any atom is -0.478 e. The van der Waals surface area contributed by atoms with Crippen molar-refractivity contribution in [2.75, 3.05) is 5.32 Å². The van der Waals surface area contributed by atoms with Gasteiger partial charge in [0.2, 0.25) is 5.91 Å². The fourth-order valence-corrected chi connectivity index (χ4v) is 4.62. The molecular weight excluding hydrogens is 637 g/mol. The number of carboxylic acid groups (broad SMARTS) is 1. The number of amides is 1. The molecule has 2 aromatic rings. The lowest BCUT2D eigenvalue weighted by Gasteiger charge is -2.13. The molecule has 140 valence electrons. The van der Waals surface area contributed by atoms with E-state index in [4.69, 9.17) is 35.4 Å². The Morgan fingerprint density at radius 2 is 1.85 bits per heavy atom. The number of carbonyl (C=O) groups is 2. The van der Waals surface area contributed by atoms with E-state index < -0.39 is 11.9 Å². The van der Waals surface area contributed by atoms with Crippen LogP contribution in [0.2, 0.25) is 10.0 Å². The van der Waals surface area contributed by atoms with Crippen LogP contribution in [0.5, 0.6) is 0 Å². The van der Waals surface area contributed by atoms with Crippen molar-refractivity contribution in [3.05, 3.63) is 64.7 Å². The van der Waals surface area contributed by atoms with E-state index in [1.165, 1.54) is 18.2 Å². The summed E-state index contributed by atoms with van der Waals surface area (Å²) in [6.45, 7) is 0. The van der Waals surface area contributed by atoms with Gasteiger partial charge in [-0.15, -0.1) is 0 Å². The first kappa shape index (κ1) is 22.3. The summed E-state index contributed by atoms with van der Waals surface area (Å²) in [4.78, 5) is 23.5. The van der Waals surface area contributed by atoms with E-state index in [1.807, 2.05) is 45.2 Å². The van der Waals surface area contributed by atoms with Crippen molar-refractivity contribution in [2.24, 2.45) is 0 Å². The van der Waals surface area contributed by atoms with Crippen molar-refractivity contribution in [3.63, 3.8) is 0 Å². The van der Waals surface area contributed by atoms with Crippen LogP contribution < -0.4 is 10.6 Å². The molecule has 0 aliphatic rings. The highest BCUT2D eigenvalue weighted by Gasteiger charge is 2.16. The summed E-state index contributed by atoms with van der Waals surface area (Å²) >= 11 is 21.0. The summed E-state index contributed by atoms with van der Waals surface area (Å²) in [6, 6.07) is 8.21. The third kappa shape index (κ3) is 6.56. The van der Waals surface area contributed by atoms with Crippen molar-refractivity contribution in [2.45, 2.75) is 0 Å². The van der Waals surface area contributed by atoms with Gasteiger partial charge in [0.1, 0.15) is 0 Å². The molecule has 3 N–H and O–H groups in total. The van der Waals surface area contributed by atoms with Crippen molar-refractivity contribution in [3.8, 4) is 0 Å². The number of benzene rings is 2. The Balaban J connectivity index is 2.09. The maximum absolute atomic E-state index is 12.0. The van der Waals surface area contributed by atoms with E-state index in [2.05, 4.69) is 10.6 Å². The van der Waals surface area contributed by atoms with Gasteiger partial charge in [-0.1, -0.05) is 29.3 Å². The standard InChI is InChI=1S/C17H10Cl2I2N2O3S/c18-9-3-1-8(12(19)5-9)2-4-14(24)22-17(27)23-15-11(16(25)26)6-10(20)7-13(15)21/h1-7H,(H,25,26)(H2,22,23,24,27)/b4-2+. The second-order valence-corrected chi connectivity index (χ2v) is 8.72. The molecule has 0 radical (unpaired) electrons. The number of rotatable bonds is 4. The van der Waals surface area contributed by atoms with Crippen LogP contribution in [-0.2, 0) is 4.79 Å². The van der Waals surface area contributed by atoms with Gasteiger partial charge >= 0.3 is 5.97 Å². The second-order valence-electron chi connectivity index (χ2n) is 5.06. The van der Waals surface area contributed by atoms with E-state index in [1.54, 1.807) is 24.3 Å². The van der Waals surface area contributed by atoms with Gasteiger partial charge in [-0.3, -0.25) is 10.1 Å². The van der Waals surface area contributed by atoms with Crippen LogP contribution in [0.4, 0.5) is 5.69 Å². The molecule has 10 heteroatoms. The molecule has 0 aliphatic heterocycles. The van der Waals surface area contributed by atoms with Crippen molar-refractivity contribution >= 4 is 109 Å². The lowest BCUT2D eigenvalue weighted by Crippen LogP contribution is -2.33. The number of anilines is 1. The number of thiocarbonyl (C=S) groups is 1. The van der Waals surface area contributed by atoms with E-state index in [0.717, 1.165) is 3.57 Å². The summed E-state index contributed by atoms with van der Waals surface area (Å²) in [6.07, 6.45) is 2.79. The summed E-state index contributed by atoms with van der Waals surface area (Å²) in [5.74, 6) is -1.59. The maximum Gasteiger partial charge on any atom is 0.337 e. The van der Waals surface area contributed by atoms with Crippen LogP contribution >= 0.6 is 80.6 Å².